The van der Waals surface area contributed by atoms with Gasteiger partial charge in [-0.1, -0.05) is 0 Å². The lowest BCUT2D eigenvalue weighted by Gasteiger charge is -2.04. The predicted octanol–water partition coefficient (Wildman–Crippen LogP) is 2.32. The van der Waals surface area contributed by atoms with E-state index in [2.05, 4.69) is 32.6 Å². The van der Waals surface area contributed by atoms with Crippen molar-refractivity contribution in [2.75, 3.05) is 7.11 Å². The highest BCUT2D eigenvalue weighted by Gasteiger charge is 2.10. The molecule has 5 nitrogen and oxygen atoms in total. The molecule has 0 fully saturated rings. The van der Waals surface area contributed by atoms with Crippen LogP contribution in [0.2, 0.25) is 0 Å². The summed E-state index contributed by atoms with van der Waals surface area (Å²) in [5.41, 5.74) is 2.14. The van der Waals surface area contributed by atoms with Crippen molar-refractivity contribution in [3.05, 3.63) is 30.6 Å². The van der Waals surface area contributed by atoms with Gasteiger partial charge in [0.1, 0.15) is 11.6 Å². The summed E-state index contributed by atoms with van der Waals surface area (Å²) in [6.45, 7) is 0. The number of aromatic nitrogens is 4. The summed E-state index contributed by atoms with van der Waals surface area (Å²) in [6, 6.07) is 5.61. The number of thiol groups is 1. The average Bonchev–Trinajstić information content (AvgIpc) is 2.81. The average molecular weight is 258 g/mol. The molecule has 18 heavy (non-hydrogen) atoms. The van der Waals surface area contributed by atoms with Gasteiger partial charge in [-0.25, -0.2) is 15.0 Å². The maximum atomic E-state index is 5.14. The smallest absolute Gasteiger partial charge is 0.197 e. The molecule has 0 aliphatic rings. The third-order valence-corrected chi connectivity index (χ3v) is 2.96. The Hall–Kier alpha value is -2.08. The molecule has 0 spiro atoms. The molecule has 3 aromatic rings. The molecule has 2 aromatic heterocycles. The maximum absolute atomic E-state index is 5.14. The molecule has 0 radical (unpaired) electrons. The van der Waals surface area contributed by atoms with Crippen molar-refractivity contribution in [2.24, 2.45) is 0 Å². The molecule has 0 saturated carbocycles. The number of ether oxygens (including phenoxy) is 1. The lowest BCUT2D eigenvalue weighted by Crippen LogP contribution is -1.86. The van der Waals surface area contributed by atoms with Crippen LogP contribution in [0.3, 0.4) is 0 Å². The highest BCUT2D eigenvalue weighted by Crippen LogP contribution is 2.28. The number of hydrogen-bond acceptors (Lipinski definition) is 5. The SMILES string of the molecule is COc1ccc(-c2nc3nccnc3[nH]2)c(S)c1. The van der Waals surface area contributed by atoms with E-state index in [1.54, 1.807) is 19.5 Å². The summed E-state index contributed by atoms with van der Waals surface area (Å²) in [5.74, 6) is 1.46. The van der Waals surface area contributed by atoms with E-state index in [0.717, 1.165) is 16.2 Å². The summed E-state index contributed by atoms with van der Waals surface area (Å²) >= 11 is 4.43. The van der Waals surface area contributed by atoms with Gasteiger partial charge in [-0.15, -0.1) is 12.6 Å². The third kappa shape index (κ3) is 1.80. The van der Waals surface area contributed by atoms with Crippen molar-refractivity contribution in [1.82, 2.24) is 19.9 Å². The van der Waals surface area contributed by atoms with Gasteiger partial charge in [0, 0.05) is 22.9 Å². The number of nitrogens with one attached hydrogen (secondary N) is 1. The molecule has 90 valence electrons. The topological polar surface area (TPSA) is 63.7 Å². The molecule has 0 amide bonds. The minimum atomic E-state index is 0.594. The van der Waals surface area contributed by atoms with E-state index >= 15 is 0 Å². The fraction of sp³-hybridized carbons (Fsp3) is 0.0833. The fourth-order valence-corrected chi connectivity index (χ4v) is 2.02. The maximum Gasteiger partial charge on any atom is 0.197 e. The Kier molecular flexibility index (Phi) is 2.64. The van der Waals surface area contributed by atoms with E-state index in [9.17, 15) is 0 Å². The van der Waals surface area contributed by atoms with Gasteiger partial charge in [0.05, 0.1) is 7.11 Å². The van der Waals surface area contributed by atoms with Crippen molar-refractivity contribution >= 4 is 23.9 Å². The Bertz CT molecular complexity index is 677. The van der Waals surface area contributed by atoms with Crippen LogP contribution in [0.4, 0.5) is 0 Å². The highest BCUT2D eigenvalue weighted by molar-refractivity contribution is 7.80. The second kappa shape index (κ2) is 4.30. The zero-order chi connectivity index (χ0) is 12.5. The van der Waals surface area contributed by atoms with Crippen LogP contribution in [-0.4, -0.2) is 27.0 Å². The minimum Gasteiger partial charge on any atom is -0.497 e. The zero-order valence-corrected chi connectivity index (χ0v) is 10.5. The number of hydrogen-bond donors (Lipinski definition) is 2. The van der Waals surface area contributed by atoms with Crippen molar-refractivity contribution in [3.8, 4) is 17.1 Å². The van der Waals surface area contributed by atoms with Gasteiger partial charge in [0.15, 0.2) is 11.3 Å². The molecule has 1 N–H and O–H groups in total. The molecule has 0 aliphatic carbocycles. The van der Waals surface area contributed by atoms with Crippen LogP contribution < -0.4 is 4.74 Å². The zero-order valence-electron chi connectivity index (χ0n) is 9.58. The Labute approximate surface area is 109 Å². The van der Waals surface area contributed by atoms with Gasteiger partial charge in [-0.2, -0.15) is 0 Å². The Morgan fingerprint density at radius 1 is 1.22 bits per heavy atom. The number of benzene rings is 1. The molecule has 2 heterocycles. The van der Waals surface area contributed by atoms with Gasteiger partial charge in [-0.05, 0) is 18.2 Å². The summed E-state index contributed by atoms with van der Waals surface area (Å²) in [7, 11) is 1.62. The predicted molar refractivity (Wildman–Crippen MR) is 70.9 cm³/mol. The van der Waals surface area contributed by atoms with Crippen molar-refractivity contribution in [2.45, 2.75) is 4.90 Å². The molecule has 0 saturated heterocycles. The largest absolute Gasteiger partial charge is 0.497 e. The monoisotopic (exact) mass is 258 g/mol. The number of nitrogens with zero attached hydrogens (tertiary/aromatic N) is 3. The standard InChI is InChI=1S/C12H10N4OS/c1-17-7-2-3-8(9(18)6-7)10-15-11-12(16-10)14-5-4-13-11/h2-6,18H,1H3,(H,13,14,15,16). The number of methoxy groups -OCH3 is 1. The first-order valence-electron chi connectivity index (χ1n) is 5.32. The van der Waals surface area contributed by atoms with E-state index < -0.39 is 0 Å². The summed E-state index contributed by atoms with van der Waals surface area (Å²) in [4.78, 5) is 16.6. The first-order valence-corrected chi connectivity index (χ1v) is 5.77. The lowest BCUT2D eigenvalue weighted by atomic mass is 10.2. The molecule has 0 aliphatic heterocycles. The summed E-state index contributed by atoms with van der Waals surface area (Å²) < 4.78 is 5.14. The van der Waals surface area contributed by atoms with Gasteiger partial charge in [-0.3, -0.25) is 0 Å². The van der Waals surface area contributed by atoms with E-state index in [0.29, 0.717) is 17.1 Å². The highest BCUT2D eigenvalue weighted by atomic mass is 32.1. The number of imidazole rings is 1. The number of H-pyrrole nitrogens is 1. The molecule has 0 unspecified atom stereocenters. The van der Waals surface area contributed by atoms with Crippen LogP contribution in [0.15, 0.2) is 35.5 Å². The van der Waals surface area contributed by atoms with Crippen LogP contribution in [-0.2, 0) is 0 Å². The van der Waals surface area contributed by atoms with Crippen LogP contribution in [0.1, 0.15) is 0 Å². The van der Waals surface area contributed by atoms with E-state index in [-0.39, 0.29) is 0 Å². The van der Waals surface area contributed by atoms with Crippen molar-refractivity contribution in [3.63, 3.8) is 0 Å². The fourth-order valence-electron chi connectivity index (χ4n) is 1.71. The first kappa shape index (κ1) is 11.0. The summed E-state index contributed by atoms with van der Waals surface area (Å²) in [5, 5.41) is 0. The van der Waals surface area contributed by atoms with Crippen molar-refractivity contribution in [1.29, 1.82) is 0 Å². The van der Waals surface area contributed by atoms with Gasteiger partial charge in [0.25, 0.3) is 0 Å². The van der Waals surface area contributed by atoms with Gasteiger partial charge < -0.3 is 9.72 Å². The Balaban J connectivity index is 2.14. The second-order valence-electron chi connectivity index (χ2n) is 3.70. The first-order chi connectivity index (χ1) is 8.78. The molecule has 0 atom stereocenters. The molecule has 3 rings (SSSR count). The molecule has 6 heteroatoms. The molecular weight excluding hydrogens is 248 g/mol. The van der Waals surface area contributed by atoms with Crippen LogP contribution >= 0.6 is 12.6 Å². The Morgan fingerprint density at radius 3 is 2.78 bits per heavy atom. The Morgan fingerprint density at radius 2 is 2.06 bits per heavy atom. The summed E-state index contributed by atoms with van der Waals surface area (Å²) in [6.07, 6.45) is 3.24. The van der Waals surface area contributed by atoms with E-state index in [4.69, 9.17) is 4.74 Å². The number of aromatic amines is 1. The van der Waals surface area contributed by atoms with Crippen LogP contribution in [0.5, 0.6) is 5.75 Å². The third-order valence-electron chi connectivity index (χ3n) is 2.59. The number of rotatable bonds is 2. The van der Waals surface area contributed by atoms with Crippen LogP contribution in [0.25, 0.3) is 22.7 Å². The van der Waals surface area contributed by atoms with Gasteiger partial charge in [0.2, 0.25) is 0 Å². The molecule has 0 bridgehead atoms. The van der Waals surface area contributed by atoms with E-state index in [1.807, 2.05) is 18.2 Å². The molecule has 1 aromatic carbocycles. The minimum absolute atomic E-state index is 0.594. The number of fused-ring (bicyclic) bond motifs is 1. The normalized spacial score (nSPS) is 10.8. The van der Waals surface area contributed by atoms with Gasteiger partial charge >= 0.3 is 0 Å². The van der Waals surface area contributed by atoms with E-state index in [1.165, 1.54) is 0 Å². The van der Waals surface area contributed by atoms with Crippen molar-refractivity contribution < 1.29 is 4.74 Å². The van der Waals surface area contributed by atoms with Crippen LogP contribution in [0, 0.1) is 0 Å². The molecular formula is C12H10N4OS. The lowest BCUT2D eigenvalue weighted by molar-refractivity contribution is 0.414. The second-order valence-corrected chi connectivity index (χ2v) is 4.18. The quantitative estimate of drug-likeness (QED) is 0.692.